The molecule has 176 valence electrons. The molecular formula is C32H22N4S. The van der Waals surface area contributed by atoms with Crippen LogP contribution in [0.3, 0.4) is 0 Å². The molecule has 0 N–H and O–H groups in total. The van der Waals surface area contributed by atoms with Crippen LogP contribution in [-0.2, 0) is 0 Å². The van der Waals surface area contributed by atoms with E-state index in [1.165, 1.54) is 20.3 Å². The van der Waals surface area contributed by atoms with Crippen molar-refractivity contribution in [1.82, 2.24) is 19.9 Å². The van der Waals surface area contributed by atoms with Crippen molar-refractivity contribution in [2.45, 2.75) is 12.3 Å². The Morgan fingerprint density at radius 2 is 1.32 bits per heavy atom. The van der Waals surface area contributed by atoms with E-state index in [-0.39, 0.29) is 5.92 Å². The van der Waals surface area contributed by atoms with E-state index >= 15 is 0 Å². The first kappa shape index (κ1) is 21.8. The Labute approximate surface area is 218 Å². The van der Waals surface area contributed by atoms with Gasteiger partial charge in [-0.15, -0.1) is 11.3 Å². The van der Waals surface area contributed by atoms with Crippen molar-refractivity contribution in [2.75, 3.05) is 0 Å². The topological polar surface area (TPSA) is 51.6 Å². The molecule has 6 aromatic rings. The highest BCUT2D eigenvalue weighted by atomic mass is 32.1. The Bertz CT molecular complexity index is 1750. The predicted octanol–water partition coefficient (Wildman–Crippen LogP) is 8.10. The zero-order chi connectivity index (χ0) is 24.6. The summed E-state index contributed by atoms with van der Waals surface area (Å²) < 4.78 is 2.55. The van der Waals surface area contributed by atoms with Crippen LogP contribution in [-0.4, -0.2) is 19.9 Å². The monoisotopic (exact) mass is 494 g/mol. The largest absolute Gasteiger partial charge is 0.255 e. The normalized spacial score (nSPS) is 15.2. The second-order valence-corrected chi connectivity index (χ2v) is 10.1. The van der Waals surface area contributed by atoms with E-state index in [0.29, 0.717) is 17.5 Å². The average Bonchev–Trinajstić information content (AvgIpc) is 3.37. The standard InChI is InChI=1S/C32H22N4S/c1-3-9-22(10-4-1)30-34-31(23-11-5-2-6-12-23)36-32(35-30)24-17-15-21(16-18-24)25-19-20-33-28-26-13-7-8-14-27(26)37-29(25)28/h1-15,17-21H,16H2. The number of hydrogen-bond acceptors (Lipinski definition) is 5. The van der Waals surface area contributed by atoms with Crippen LogP contribution >= 0.6 is 11.3 Å². The molecule has 0 saturated carbocycles. The molecule has 3 aromatic carbocycles. The second-order valence-electron chi connectivity index (χ2n) is 9.08. The number of thiophene rings is 1. The number of benzene rings is 3. The molecule has 5 heteroatoms. The molecule has 0 saturated heterocycles. The number of aromatic nitrogens is 4. The Kier molecular flexibility index (Phi) is 5.41. The molecule has 7 rings (SSSR count). The first-order valence-corrected chi connectivity index (χ1v) is 13.2. The van der Waals surface area contributed by atoms with Crippen molar-refractivity contribution < 1.29 is 0 Å². The molecular weight excluding hydrogens is 472 g/mol. The van der Waals surface area contributed by atoms with Crippen LogP contribution in [0.5, 0.6) is 0 Å². The van der Waals surface area contributed by atoms with Gasteiger partial charge in [0.1, 0.15) is 0 Å². The molecule has 1 aliphatic carbocycles. The van der Waals surface area contributed by atoms with Gasteiger partial charge in [0.15, 0.2) is 17.5 Å². The maximum absolute atomic E-state index is 4.88. The van der Waals surface area contributed by atoms with Crippen LogP contribution in [0.25, 0.3) is 48.7 Å². The van der Waals surface area contributed by atoms with Crippen LogP contribution in [0.15, 0.2) is 115 Å². The Morgan fingerprint density at radius 3 is 2.00 bits per heavy atom. The third-order valence-electron chi connectivity index (χ3n) is 6.75. The lowest BCUT2D eigenvalue weighted by Crippen LogP contribution is -2.05. The summed E-state index contributed by atoms with van der Waals surface area (Å²) in [5.41, 5.74) is 5.40. The first-order chi connectivity index (χ1) is 18.3. The highest BCUT2D eigenvalue weighted by Crippen LogP contribution is 2.40. The molecule has 0 spiro atoms. The Morgan fingerprint density at radius 1 is 0.676 bits per heavy atom. The molecule has 0 radical (unpaired) electrons. The van der Waals surface area contributed by atoms with Gasteiger partial charge in [0, 0.05) is 38.9 Å². The lowest BCUT2D eigenvalue weighted by molar-refractivity contribution is 0.862. The van der Waals surface area contributed by atoms with E-state index in [4.69, 9.17) is 19.9 Å². The zero-order valence-corrected chi connectivity index (χ0v) is 20.8. The average molecular weight is 495 g/mol. The number of pyridine rings is 1. The van der Waals surface area contributed by atoms with Crippen LogP contribution in [0.1, 0.15) is 23.7 Å². The lowest BCUT2D eigenvalue weighted by Gasteiger charge is -2.17. The summed E-state index contributed by atoms with van der Waals surface area (Å²) in [6, 6.07) is 30.9. The van der Waals surface area contributed by atoms with Gasteiger partial charge in [0.05, 0.1) is 10.2 Å². The van der Waals surface area contributed by atoms with E-state index in [9.17, 15) is 0 Å². The van der Waals surface area contributed by atoms with E-state index in [1.54, 1.807) is 0 Å². The van der Waals surface area contributed by atoms with E-state index in [1.807, 2.05) is 78.2 Å². The number of allylic oxidation sites excluding steroid dienone is 4. The molecule has 3 aromatic heterocycles. The second kappa shape index (κ2) is 9.19. The molecule has 0 aliphatic heterocycles. The summed E-state index contributed by atoms with van der Waals surface area (Å²) in [6.07, 6.45) is 9.51. The van der Waals surface area contributed by atoms with Crippen LogP contribution in [0.2, 0.25) is 0 Å². The quantitative estimate of drug-likeness (QED) is 0.248. The molecule has 37 heavy (non-hydrogen) atoms. The fourth-order valence-corrected chi connectivity index (χ4v) is 6.11. The summed E-state index contributed by atoms with van der Waals surface area (Å²) in [5.74, 6) is 2.35. The zero-order valence-electron chi connectivity index (χ0n) is 20.0. The number of fused-ring (bicyclic) bond motifs is 3. The van der Waals surface area contributed by atoms with Crippen molar-refractivity contribution in [2.24, 2.45) is 0 Å². The molecule has 0 fully saturated rings. The van der Waals surface area contributed by atoms with Crippen molar-refractivity contribution in [3.63, 3.8) is 0 Å². The number of nitrogens with zero attached hydrogens (tertiary/aromatic N) is 4. The minimum atomic E-state index is 0.284. The molecule has 3 heterocycles. The van der Waals surface area contributed by atoms with Crippen LogP contribution in [0.4, 0.5) is 0 Å². The van der Waals surface area contributed by atoms with Crippen LogP contribution in [0, 0.1) is 0 Å². The minimum Gasteiger partial charge on any atom is -0.255 e. The fraction of sp³-hybridized carbons (Fsp3) is 0.0625. The van der Waals surface area contributed by atoms with Crippen molar-refractivity contribution >= 4 is 37.2 Å². The summed E-state index contributed by atoms with van der Waals surface area (Å²) in [4.78, 5) is 19.3. The lowest BCUT2D eigenvalue weighted by atomic mass is 9.90. The third-order valence-corrected chi connectivity index (χ3v) is 7.96. The minimum absolute atomic E-state index is 0.284. The van der Waals surface area contributed by atoms with Gasteiger partial charge in [-0.2, -0.15) is 0 Å². The van der Waals surface area contributed by atoms with Gasteiger partial charge in [0.2, 0.25) is 0 Å². The molecule has 0 bridgehead atoms. The molecule has 0 amide bonds. The fourth-order valence-electron chi connectivity index (χ4n) is 4.87. The van der Waals surface area contributed by atoms with Crippen molar-refractivity contribution in [3.8, 4) is 22.8 Å². The molecule has 1 aliphatic rings. The SMILES string of the molecule is C1=CC(c2ccnc3c2sc2ccccc23)CC=C1c1nc(-c2ccccc2)nc(-c2ccccc2)n1. The smallest absolute Gasteiger partial charge is 0.164 e. The maximum Gasteiger partial charge on any atom is 0.164 e. The highest BCUT2D eigenvalue weighted by molar-refractivity contribution is 7.26. The number of hydrogen-bond donors (Lipinski definition) is 0. The molecule has 4 nitrogen and oxygen atoms in total. The van der Waals surface area contributed by atoms with Crippen molar-refractivity contribution in [3.05, 3.63) is 127 Å². The Balaban J connectivity index is 1.27. The maximum atomic E-state index is 4.88. The van der Waals surface area contributed by atoms with Crippen molar-refractivity contribution in [1.29, 1.82) is 0 Å². The summed E-state index contributed by atoms with van der Waals surface area (Å²) in [5, 5.41) is 1.23. The molecule has 1 atom stereocenters. The van der Waals surface area contributed by atoms with Crippen LogP contribution < -0.4 is 0 Å². The summed E-state index contributed by atoms with van der Waals surface area (Å²) in [7, 11) is 0. The Hall–Kier alpha value is -4.48. The molecule has 1 unspecified atom stereocenters. The first-order valence-electron chi connectivity index (χ1n) is 12.4. The van der Waals surface area contributed by atoms with Gasteiger partial charge in [-0.25, -0.2) is 15.0 Å². The third kappa shape index (κ3) is 4.03. The summed E-state index contributed by atoms with van der Waals surface area (Å²) >= 11 is 1.83. The van der Waals surface area contributed by atoms with Gasteiger partial charge >= 0.3 is 0 Å². The summed E-state index contributed by atoms with van der Waals surface area (Å²) in [6.45, 7) is 0. The van der Waals surface area contributed by atoms with E-state index in [0.717, 1.165) is 28.6 Å². The van der Waals surface area contributed by atoms with Gasteiger partial charge in [-0.3, -0.25) is 4.98 Å². The van der Waals surface area contributed by atoms with Gasteiger partial charge in [-0.1, -0.05) is 97.1 Å². The van der Waals surface area contributed by atoms with Gasteiger partial charge in [0.25, 0.3) is 0 Å². The van der Waals surface area contributed by atoms with Gasteiger partial charge in [-0.05, 0) is 24.1 Å². The van der Waals surface area contributed by atoms with E-state index in [2.05, 4.69) is 48.6 Å². The predicted molar refractivity (Wildman–Crippen MR) is 152 cm³/mol. The highest BCUT2D eigenvalue weighted by Gasteiger charge is 2.19. The number of rotatable bonds is 4. The van der Waals surface area contributed by atoms with E-state index < -0.39 is 0 Å². The van der Waals surface area contributed by atoms with Gasteiger partial charge < -0.3 is 0 Å².